The number of Topliss-reactive ketones (excluding diaryl/α,β-unsaturated/α-hetero) is 1. The van der Waals surface area contributed by atoms with Crippen LogP contribution in [0.4, 0.5) is 0 Å². The lowest BCUT2D eigenvalue weighted by Crippen LogP contribution is -2.11. The predicted molar refractivity (Wildman–Crippen MR) is 72.7 cm³/mol. The van der Waals surface area contributed by atoms with E-state index in [9.17, 15) is 14.4 Å². The van der Waals surface area contributed by atoms with E-state index in [1.807, 2.05) is 0 Å². The van der Waals surface area contributed by atoms with Crippen LogP contribution in [0.25, 0.3) is 0 Å². The van der Waals surface area contributed by atoms with Crippen LogP contribution in [0, 0.1) is 0 Å². The van der Waals surface area contributed by atoms with Crippen molar-refractivity contribution in [1.82, 2.24) is 0 Å². The molecule has 0 radical (unpaired) electrons. The third-order valence-electron chi connectivity index (χ3n) is 2.59. The van der Waals surface area contributed by atoms with Crippen LogP contribution in [0.5, 0.6) is 0 Å². The summed E-state index contributed by atoms with van der Waals surface area (Å²) in [7, 11) is 0. The molecule has 0 aliphatic rings. The average molecular weight is 276 g/mol. The Balaban J connectivity index is 2.54. The van der Waals surface area contributed by atoms with E-state index >= 15 is 0 Å². The van der Waals surface area contributed by atoms with E-state index < -0.39 is 11.9 Å². The standard InChI is InChI=1S/C15H16O5/c1-10(2)15(19)20-9-5-8-13(16)11-6-3-4-7-12(11)14(17)18/h3-4,6-7H,1,5,8-9H2,2H3,(H,17,18). The van der Waals surface area contributed by atoms with E-state index in [1.54, 1.807) is 12.1 Å². The first-order valence-corrected chi connectivity index (χ1v) is 6.11. The third kappa shape index (κ3) is 4.35. The molecule has 0 aliphatic carbocycles. The Morgan fingerprint density at radius 1 is 1.20 bits per heavy atom. The van der Waals surface area contributed by atoms with Gasteiger partial charge in [0.1, 0.15) is 0 Å². The Morgan fingerprint density at radius 3 is 2.35 bits per heavy atom. The SMILES string of the molecule is C=C(C)C(=O)OCCCC(=O)c1ccccc1C(=O)O. The van der Waals surface area contributed by atoms with Crippen molar-refractivity contribution < 1.29 is 24.2 Å². The first-order chi connectivity index (χ1) is 9.43. The van der Waals surface area contributed by atoms with Crippen molar-refractivity contribution in [2.45, 2.75) is 19.8 Å². The molecule has 5 heteroatoms. The van der Waals surface area contributed by atoms with Crippen LogP contribution in [0.3, 0.4) is 0 Å². The number of ketones is 1. The number of carbonyl (C=O) groups excluding carboxylic acids is 2. The number of carbonyl (C=O) groups is 3. The van der Waals surface area contributed by atoms with Gasteiger partial charge in [0.15, 0.2) is 5.78 Å². The average Bonchev–Trinajstić information content (AvgIpc) is 2.42. The third-order valence-corrected chi connectivity index (χ3v) is 2.59. The summed E-state index contributed by atoms with van der Waals surface area (Å²) in [5.41, 5.74) is 0.454. The minimum Gasteiger partial charge on any atom is -0.478 e. The molecule has 0 aromatic heterocycles. The quantitative estimate of drug-likeness (QED) is 0.358. The normalized spacial score (nSPS) is 9.85. The van der Waals surface area contributed by atoms with Crippen molar-refractivity contribution in [3.8, 4) is 0 Å². The van der Waals surface area contributed by atoms with Crippen molar-refractivity contribution >= 4 is 17.7 Å². The second kappa shape index (κ2) is 7.23. The summed E-state index contributed by atoms with van der Waals surface area (Å²) in [5, 5.41) is 8.99. The summed E-state index contributed by atoms with van der Waals surface area (Å²) in [4.78, 5) is 34.0. The first-order valence-electron chi connectivity index (χ1n) is 6.11. The highest BCUT2D eigenvalue weighted by molar-refractivity contribution is 6.05. The van der Waals surface area contributed by atoms with Gasteiger partial charge in [-0.15, -0.1) is 0 Å². The Hall–Kier alpha value is -2.43. The number of hydrogen-bond acceptors (Lipinski definition) is 4. The molecular weight excluding hydrogens is 260 g/mol. The molecule has 0 spiro atoms. The van der Waals surface area contributed by atoms with Gasteiger partial charge in [0, 0.05) is 17.6 Å². The fourth-order valence-electron chi connectivity index (χ4n) is 1.57. The van der Waals surface area contributed by atoms with E-state index in [-0.39, 0.29) is 29.9 Å². The van der Waals surface area contributed by atoms with E-state index in [0.29, 0.717) is 12.0 Å². The van der Waals surface area contributed by atoms with Gasteiger partial charge in [-0.3, -0.25) is 4.79 Å². The second-order valence-electron chi connectivity index (χ2n) is 4.29. The molecule has 0 amide bonds. The Kier molecular flexibility index (Phi) is 5.65. The Bertz CT molecular complexity index is 545. The second-order valence-corrected chi connectivity index (χ2v) is 4.29. The molecule has 0 unspecified atom stereocenters. The maximum Gasteiger partial charge on any atom is 0.336 e. The summed E-state index contributed by atoms with van der Waals surface area (Å²) in [6, 6.07) is 6.04. The van der Waals surface area contributed by atoms with Gasteiger partial charge in [-0.05, 0) is 19.4 Å². The summed E-state index contributed by atoms with van der Waals surface area (Å²) in [6.07, 6.45) is 0.458. The van der Waals surface area contributed by atoms with Gasteiger partial charge >= 0.3 is 11.9 Å². The van der Waals surface area contributed by atoms with E-state index in [1.165, 1.54) is 19.1 Å². The molecule has 0 saturated heterocycles. The number of carboxylic acid groups (broad SMARTS) is 1. The highest BCUT2D eigenvalue weighted by Gasteiger charge is 2.15. The lowest BCUT2D eigenvalue weighted by Gasteiger charge is -2.06. The molecule has 20 heavy (non-hydrogen) atoms. The van der Waals surface area contributed by atoms with Crippen LogP contribution < -0.4 is 0 Å². The molecule has 0 atom stereocenters. The number of hydrogen-bond donors (Lipinski definition) is 1. The highest BCUT2D eigenvalue weighted by atomic mass is 16.5. The van der Waals surface area contributed by atoms with Gasteiger partial charge < -0.3 is 9.84 Å². The molecule has 5 nitrogen and oxygen atoms in total. The molecule has 0 heterocycles. The fraction of sp³-hybridized carbons (Fsp3) is 0.267. The molecule has 0 bridgehead atoms. The number of aromatic carboxylic acids is 1. The number of esters is 1. The van der Waals surface area contributed by atoms with Gasteiger partial charge in [-0.2, -0.15) is 0 Å². The Morgan fingerprint density at radius 2 is 1.80 bits per heavy atom. The van der Waals surface area contributed by atoms with Gasteiger partial charge in [0.2, 0.25) is 0 Å². The number of benzene rings is 1. The molecule has 106 valence electrons. The zero-order valence-electron chi connectivity index (χ0n) is 11.2. The zero-order valence-corrected chi connectivity index (χ0v) is 11.2. The van der Waals surface area contributed by atoms with Crippen LogP contribution in [0.2, 0.25) is 0 Å². The molecular formula is C15H16O5. The maximum atomic E-state index is 11.9. The summed E-state index contributed by atoms with van der Waals surface area (Å²) >= 11 is 0. The van der Waals surface area contributed by atoms with E-state index in [2.05, 4.69) is 6.58 Å². The van der Waals surface area contributed by atoms with Crippen LogP contribution in [-0.4, -0.2) is 29.4 Å². The molecule has 0 fully saturated rings. The molecule has 0 aliphatic heterocycles. The fourth-order valence-corrected chi connectivity index (χ4v) is 1.57. The largest absolute Gasteiger partial charge is 0.478 e. The summed E-state index contributed by atoms with van der Waals surface area (Å²) in [5.74, 6) is -1.92. The zero-order chi connectivity index (χ0) is 15.1. The van der Waals surface area contributed by atoms with E-state index in [4.69, 9.17) is 9.84 Å². The van der Waals surface area contributed by atoms with Gasteiger partial charge in [-0.25, -0.2) is 9.59 Å². The van der Waals surface area contributed by atoms with Gasteiger partial charge in [-0.1, -0.05) is 24.8 Å². The smallest absolute Gasteiger partial charge is 0.336 e. The van der Waals surface area contributed by atoms with Crippen LogP contribution in [0.15, 0.2) is 36.4 Å². The van der Waals surface area contributed by atoms with Crippen LogP contribution in [0.1, 0.15) is 40.5 Å². The van der Waals surface area contributed by atoms with Crippen molar-refractivity contribution in [1.29, 1.82) is 0 Å². The van der Waals surface area contributed by atoms with Crippen LogP contribution in [-0.2, 0) is 9.53 Å². The molecule has 1 rings (SSSR count). The minimum absolute atomic E-state index is 0.0172. The van der Waals surface area contributed by atoms with Crippen molar-refractivity contribution in [2.75, 3.05) is 6.61 Å². The molecule has 1 aromatic rings. The van der Waals surface area contributed by atoms with Crippen molar-refractivity contribution in [3.63, 3.8) is 0 Å². The lowest BCUT2D eigenvalue weighted by molar-refractivity contribution is -0.139. The number of carboxylic acids is 1. The van der Waals surface area contributed by atoms with E-state index in [0.717, 1.165) is 0 Å². The molecule has 1 N–H and O–H groups in total. The molecule has 0 saturated carbocycles. The lowest BCUT2D eigenvalue weighted by atomic mass is 10.0. The minimum atomic E-state index is -1.14. The summed E-state index contributed by atoms with van der Waals surface area (Å²) in [6.45, 7) is 5.08. The number of ether oxygens (including phenoxy) is 1. The van der Waals surface area contributed by atoms with Gasteiger partial charge in [0.05, 0.1) is 12.2 Å². The van der Waals surface area contributed by atoms with Crippen molar-refractivity contribution in [3.05, 3.63) is 47.5 Å². The van der Waals surface area contributed by atoms with Gasteiger partial charge in [0.25, 0.3) is 0 Å². The highest BCUT2D eigenvalue weighted by Crippen LogP contribution is 2.12. The Labute approximate surface area is 116 Å². The van der Waals surface area contributed by atoms with Crippen LogP contribution >= 0.6 is 0 Å². The predicted octanol–water partition coefficient (Wildman–Crippen LogP) is 2.47. The monoisotopic (exact) mass is 276 g/mol. The number of rotatable bonds is 7. The van der Waals surface area contributed by atoms with Crippen molar-refractivity contribution in [2.24, 2.45) is 0 Å². The topological polar surface area (TPSA) is 80.7 Å². The first kappa shape index (κ1) is 15.6. The molecule has 1 aromatic carbocycles. The maximum absolute atomic E-state index is 11.9. The summed E-state index contributed by atoms with van der Waals surface area (Å²) < 4.78 is 4.86.